The molecule has 1 aromatic carbocycles. The van der Waals surface area contributed by atoms with Crippen LogP contribution >= 0.6 is 22.7 Å². The molecule has 2 aliphatic heterocycles. The Balaban J connectivity index is 1.62. The average Bonchev–Trinajstić information content (AvgIpc) is 3.34. The lowest BCUT2D eigenvalue weighted by Gasteiger charge is -2.37. The molecule has 114 valence electrons. The smallest absolute Gasteiger partial charge is 0.214 e. The molecule has 3 aromatic rings. The van der Waals surface area contributed by atoms with Gasteiger partial charge in [-0.3, -0.25) is 0 Å². The summed E-state index contributed by atoms with van der Waals surface area (Å²) in [5, 5.41) is 13.4. The molecular formula is C18H14N2OS2. The van der Waals surface area contributed by atoms with Crippen LogP contribution in [0.1, 0.15) is 34.7 Å². The number of hydrogen-bond donors (Lipinski definition) is 0. The van der Waals surface area contributed by atoms with Gasteiger partial charge in [-0.05, 0) is 34.3 Å². The Morgan fingerprint density at radius 3 is 2.87 bits per heavy atom. The molecule has 0 aliphatic carbocycles. The second-order valence-corrected chi connectivity index (χ2v) is 7.42. The third kappa shape index (κ3) is 2.11. The Morgan fingerprint density at radius 2 is 2.04 bits per heavy atom. The molecule has 2 aliphatic rings. The molecule has 0 unspecified atom stereocenters. The zero-order valence-corrected chi connectivity index (χ0v) is 13.9. The fraction of sp³-hybridized carbons (Fsp3) is 0.167. The molecule has 0 saturated heterocycles. The van der Waals surface area contributed by atoms with Crippen LogP contribution in [-0.2, 0) is 0 Å². The largest absolute Gasteiger partial charge is 0.464 e. The molecule has 0 fully saturated rings. The first-order valence-corrected chi connectivity index (χ1v) is 9.40. The summed E-state index contributed by atoms with van der Waals surface area (Å²) < 4.78 is 6.28. The van der Waals surface area contributed by atoms with E-state index in [1.807, 2.05) is 6.07 Å². The van der Waals surface area contributed by atoms with E-state index in [-0.39, 0.29) is 12.3 Å². The van der Waals surface area contributed by atoms with Crippen molar-refractivity contribution >= 4 is 28.4 Å². The highest BCUT2D eigenvalue weighted by atomic mass is 32.1. The second kappa shape index (κ2) is 5.22. The fourth-order valence-electron chi connectivity index (χ4n) is 3.26. The van der Waals surface area contributed by atoms with Crippen molar-refractivity contribution in [2.24, 2.45) is 5.10 Å². The zero-order chi connectivity index (χ0) is 15.2. The molecule has 2 aromatic heterocycles. The summed E-state index contributed by atoms with van der Waals surface area (Å²) in [4.78, 5) is 1.25. The third-order valence-electron chi connectivity index (χ3n) is 4.33. The normalized spacial score (nSPS) is 22.3. The highest BCUT2D eigenvalue weighted by molar-refractivity contribution is 7.12. The second-order valence-electron chi connectivity index (χ2n) is 5.69. The Morgan fingerprint density at radius 1 is 1.09 bits per heavy atom. The quantitative estimate of drug-likeness (QED) is 0.653. The van der Waals surface area contributed by atoms with Crippen molar-refractivity contribution in [1.82, 2.24) is 5.01 Å². The lowest BCUT2D eigenvalue weighted by Crippen LogP contribution is -2.33. The van der Waals surface area contributed by atoms with Gasteiger partial charge in [-0.2, -0.15) is 16.4 Å². The molecule has 5 rings (SSSR count). The predicted octanol–water partition coefficient (Wildman–Crippen LogP) is 5.05. The zero-order valence-electron chi connectivity index (χ0n) is 12.3. The van der Waals surface area contributed by atoms with Crippen LogP contribution in [0.2, 0.25) is 0 Å². The van der Waals surface area contributed by atoms with E-state index in [4.69, 9.17) is 9.84 Å². The monoisotopic (exact) mass is 338 g/mol. The Bertz CT molecular complexity index is 855. The van der Waals surface area contributed by atoms with Gasteiger partial charge >= 0.3 is 0 Å². The van der Waals surface area contributed by atoms with Crippen LogP contribution in [0.15, 0.2) is 63.7 Å². The van der Waals surface area contributed by atoms with Gasteiger partial charge in [-0.25, -0.2) is 5.01 Å². The van der Waals surface area contributed by atoms with Crippen LogP contribution in [0.3, 0.4) is 0 Å². The first-order valence-electron chi connectivity index (χ1n) is 7.57. The molecular weight excluding hydrogens is 324 g/mol. The Labute approximate surface area is 142 Å². The number of rotatable bonds is 2. The van der Waals surface area contributed by atoms with Gasteiger partial charge in [0.1, 0.15) is 5.75 Å². The summed E-state index contributed by atoms with van der Waals surface area (Å²) >= 11 is 3.44. The van der Waals surface area contributed by atoms with Gasteiger partial charge in [-0.1, -0.05) is 24.3 Å². The summed E-state index contributed by atoms with van der Waals surface area (Å²) in [5.41, 5.74) is 3.56. The predicted molar refractivity (Wildman–Crippen MR) is 94.2 cm³/mol. The molecule has 0 spiro atoms. The van der Waals surface area contributed by atoms with Crippen molar-refractivity contribution in [3.63, 3.8) is 0 Å². The summed E-state index contributed by atoms with van der Waals surface area (Å²) in [7, 11) is 0. The van der Waals surface area contributed by atoms with Gasteiger partial charge in [0.15, 0.2) is 0 Å². The Hall–Kier alpha value is -2.11. The minimum atomic E-state index is -0.140. The number of thiophene rings is 2. The van der Waals surface area contributed by atoms with Crippen molar-refractivity contribution in [3.8, 4) is 5.75 Å². The van der Waals surface area contributed by atoms with Gasteiger partial charge in [0, 0.05) is 17.5 Å². The molecule has 0 saturated carbocycles. The summed E-state index contributed by atoms with van der Waals surface area (Å²) in [6.07, 6.45) is 0.792. The van der Waals surface area contributed by atoms with E-state index in [1.165, 1.54) is 16.0 Å². The van der Waals surface area contributed by atoms with Crippen LogP contribution in [0, 0.1) is 0 Å². The lowest BCUT2D eigenvalue weighted by atomic mass is 9.98. The molecule has 0 radical (unpaired) electrons. The molecule has 3 nitrogen and oxygen atoms in total. The first-order chi connectivity index (χ1) is 11.4. The maximum absolute atomic E-state index is 6.28. The van der Waals surface area contributed by atoms with Crippen molar-refractivity contribution in [2.75, 3.05) is 0 Å². The highest BCUT2D eigenvalue weighted by Crippen LogP contribution is 2.47. The van der Waals surface area contributed by atoms with E-state index in [2.05, 4.69) is 57.5 Å². The fourth-order valence-corrected chi connectivity index (χ4v) is 4.65. The van der Waals surface area contributed by atoms with Gasteiger partial charge in [0.05, 0.1) is 16.6 Å². The number of hydrazone groups is 1. The molecule has 4 heterocycles. The van der Waals surface area contributed by atoms with E-state index >= 15 is 0 Å². The average molecular weight is 338 g/mol. The topological polar surface area (TPSA) is 24.8 Å². The highest BCUT2D eigenvalue weighted by Gasteiger charge is 2.41. The number of benzene rings is 1. The maximum atomic E-state index is 6.28. The summed E-state index contributed by atoms with van der Waals surface area (Å²) in [6, 6.07) is 14.9. The number of hydrogen-bond acceptors (Lipinski definition) is 5. The lowest BCUT2D eigenvalue weighted by molar-refractivity contribution is -0.0187. The van der Waals surface area contributed by atoms with Crippen LogP contribution in [0.5, 0.6) is 5.75 Å². The molecule has 0 amide bonds. The van der Waals surface area contributed by atoms with Gasteiger partial charge in [-0.15, -0.1) is 11.3 Å². The van der Waals surface area contributed by atoms with Crippen molar-refractivity contribution < 1.29 is 4.74 Å². The van der Waals surface area contributed by atoms with Crippen LogP contribution in [0.4, 0.5) is 0 Å². The number of fused-ring (bicyclic) bond motifs is 3. The summed E-state index contributed by atoms with van der Waals surface area (Å²) in [6.45, 7) is 0. The SMILES string of the molecule is c1csc(C2=NN3[C@@H](C2)c2ccccc2O[C@H]3c2ccsc2)c1. The number of ether oxygens (including phenoxy) is 1. The van der Waals surface area contributed by atoms with Crippen LogP contribution in [0.25, 0.3) is 0 Å². The molecule has 23 heavy (non-hydrogen) atoms. The molecule has 2 atom stereocenters. The number of para-hydroxylation sites is 1. The van der Waals surface area contributed by atoms with Gasteiger partial charge in [0.25, 0.3) is 0 Å². The van der Waals surface area contributed by atoms with Crippen molar-refractivity contribution in [3.05, 3.63) is 74.6 Å². The third-order valence-corrected chi connectivity index (χ3v) is 5.95. The Kier molecular flexibility index (Phi) is 3.02. The van der Waals surface area contributed by atoms with Crippen molar-refractivity contribution in [2.45, 2.75) is 18.7 Å². The standard InChI is InChI=1S/C18H14N2OS2/c1-2-5-16-13(4-1)15-10-14(17-6-3-8-23-17)19-20(15)18(21-16)12-7-9-22-11-12/h1-9,11,15,18H,10H2/t15-,18-/m0/s1. The van der Waals surface area contributed by atoms with E-state index in [0.717, 1.165) is 17.9 Å². The molecule has 0 N–H and O–H groups in total. The van der Waals surface area contributed by atoms with Crippen LogP contribution in [-0.4, -0.2) is 10.7 Å². The number of nitrogens with zero attached hydrogens (tertiary/aromatic N) is 2. The van der Waals surface area contributed by atoms with E-state index in [1.54, 1.807) is 22.7 Å². The first kappa shape index (κ1) is 13.3. The minimum Gasteiger partial charge on any atom is -0.464 e. The van der Waals surface area contributed by atoms with E-state index < -0.39 is 0 Å². The summed E-state index contributed by atoms with van der Waals surface area (Å²) in [5.74, 6) is 0.979. The maximum Gasteiger partial charge on any atom is 0.214 e. The minimum absolute atomic E-state index is 0.140. The van der Waals surface area contributed by atoms with Gasteiger partial charge < -0.3 is 4.74 Å². The van der Waals surface area contributed by atoms with Gasteiger partial charge in [0.2, 0.25) is 6.23 Å². The van der Waals surface area contributed by atoms with E-state index in [0.29, 0.717) is 0 Å². The van der Waals surface area contributed by atoms with Crippen molar-refractivity contribution in [1.29, 1.82) is 0 Å². The molecule has 0 bridgehead atoms. The van der Waals surface area contributed by atoms with E-state index in [9.17, 15) is 0 Å². The molecule has 5 heteroatoms. The van der Waals surface area contributed by atoms with Crippen LogP contribution < -0.4 is 4.74 Å².